The minimum absolute atomic E-state index is 0.189. The van der Waals surface area contributed by atoms with Crippen LogP contribution in [0.1, 0.15) is 27.0 Å². The monoisotopic (exact) mass is 383 g/mol. The maximum atomic E-state index is 12.4. The molecule has 3 rings (SSSR count). The number of carbonyl (C=O) groups is 2. The van der Waals surface area contributed by atoms with E-state index in [9.17, 15) is 9.59 Å². The molecule has 2 heterocycles. The van der Waals surface area contributed by atoms with Crippen LogP contribution in [0.25, 0.3) is 0 Å². The van der Waals surface area contributed by atoms with Crippen LogP contribution < -0.4 is 10.6 Å². The minimum atomic E-state index is -0.255. The zero-order valence-corrected chi connectivity index (χ0v) is 15.7. The summed E-state index contributed by atoms with van der Waals surface area (Å²) in [5.74, 6) is 0.503. The van der Waals surface area contributed by atoms with Gasteiger partial charge in [0.1, 0.15) is 0 Å². The third-order valence-corrected chi connectivity index (χ3v) is 5.11. The predicted molar refractivity (Wildman–Crippen MR) is 107 cm³/mol. The number of thiophene rings is 1. The molecule has 2 amide bonds. The Hall–Kier alpha value is -2.64. The van der Waals surface area contributed by atoms with Crippen molar-refractivity contribution in [2.45, 2.75) is 11.9 Å². The van der Waals surface area contributed by atoms with Gasteiger partial charge in [-0.25, -0.2) is 4.98 Å². The molecule has 26 heavy (non-hydrogen) atoms. The predicted octanol–water partition coefficient (Wildman–Crippen LogP) is 4.76. The Morgan fingerprint density at radius 3 is 2.58 bits per heavy atom. The summed E-state index contributed by atoms with van der Waals surface area (Å²) in [5, 5.41) is 8.38. The average molecular weight is 383 g/mol. The molecule has 0 radical (unpaired) electrons. The quantitative estimate of drug-likeness (QED) is 0.602. The van der Waals surface area contributed by atoms with Gasteiger partial charge in [0.15, 0.2) is 0 Å². The number of anilines is 2. The number of aromatic nitrogens is 1. The molecule has 0 fully saturated rings. The van der Waals surface area contributed by atoms with Crippen LogP contribution in [0, 0.1) is 0 Å². The van der Waals surface area contributed by atoms with Gasteiger partial charge in [0.05, 0.1) is 21.8 Å². The van der Waals surface area contributed by atoms with Crippen LogP contribution in [-0.4, -0.2) is 22.6 Å². The van der Waals surface area contributed by atoms with E-state index in [1.807, 2.05) is 23.6 Å². The van der Waals surface area contributed by atoms with Crippen LogP contribution in [0.2, 0.25) is 0 Å². The minimum Gasteiger partial charge on any atom is -0.321 e. The molecule has 0 aliphatic heterocycles. The average Bonchev–Trinajstić information content (AvgIpc) is 3.19. The number of thioether (sulfide) groups is 1. The first-order chi connectivity index (χ1) is 12.7. The van der Waals surface area contributed by atoms with Crippen molar-refractivity contribution >= 4 is 46.3 Å². The standard InChI is InChI=1S/C19H17N3O2S2/c1-2-25-17-9-8-15(12-20-17)22-18(23)13-5-3-6-14(11-13)21-19(24)16-7-4-10-26-16/h3-12H,2H2,1H3,(H,21,24)(H,22,23). The van der Waals surface area contributed by atoms with Gasteiger partial charge in [0, 0.05) is 11.3 Å². The van der Waals surface area contributed by atoms with Gasteiger partial charge in [0.25, 0.3) is 11.8 Å². The number of rotatable bonds is 6. The van der Waals surface area contributed by atoms with E-state index in [1.54, 1.807) is 48.3 Å². The third kappa shape index (κ3) is 4.71. The molecule has 0 aliphatic carbocycles. The second kappa shape index (κ2) is 8.64. The lowest BCUT2D eigenvalue weighted by Gasteiger charge is -2.08. The molecule has 0 atom stereocenters. The van der Waals surface area contributed by atoms with Gasteiger partial charge in [-0.3, -0.25) is 9.59 Å². The van der Waals surface area contributed by atoms with Crippen LogP contribution in [0.5, 0.6) is 0 Å². The Morgan fingerprint density at radius 2 is 1.88 bits per heavy atom. The molecular weight excluding hydrogens is 366 g/mol. The van der Waals surface area contributed by atoms with Crippen molar-refractivity contribution in [3.8, 4) is 0 Å². The van der Waals surface area contributed by atoms with Crippen LogP contribution in [-0.2, 0) is 0 Å². The molecule has 0 bridgehead atoms. The molecule has 2 aromatic heterocycles. The molecular formula is C19H17N3O2S2. The van der Waals surface area contributed by atoms with Crippen LogP contribution in [0.4, 0.5) is 11.4 Å². The van der Waals surface area contributed by atoms with Gasteiger partial charge in [0.2, 0.25) is 0 Å². The van der Waals surface area contributed by atoms with Gasteiger partial charge in [-0.1, -0.05) is 19.1 Å². The zero-order valence-electron chi connectivity index (χ0n) is 14.1. The lowest BCUT2D eigenvalue weighted by molar-refractivity contribution is 0.101. The van der Waals surface area contributed by atoms with Gasteiger partial charge >= 0.3 is 0 Å². The van der Waals surface area contributed by atoms with Crippen molar-refractivity contribution in [2.75, 3.05) is 16.4 Å². The van der Waals surface area contributed by atoms with Gasteiger partial charge in [-0.2, -0.15) is 0 Å². The van der Waals surface area contributed by atoms with Gasteiger partial charge < -0.3 is 10.6 Å². The van der Waals surface area contributed by atoms with Crippen molar-refractivity contribution in [1.82, 2.24) is 4.98 Å². The van der Waals surface area contributed by atoms with Crippen molar-refractivity contribution in [3.63, 3.8) is 0 Å². The van der Waals surface area contributed by atoms with E-state index < -0.39 is 0 Å². The number of hydrogen-bond donors (Lipinski definition) is 2. The fraction of sp³-hybridized carbons (Fsp3) is 0.105. The van der Waals surface area contributed by atoms with E-state index in [0.717, 1.165) is 10.8 Å². The molecule has 0 aliphatic rings. The van der Waals surface area contributed by atoms with Crippen molar-refractivity contribution in [2.24, 2.45) is 0 Å². The van der Waals surface area contributed by atoms with Crippen molar-refractivity contribution in [3.05, 3.63) is 70.5 Å². The number of nitrogens with one attached hydrogen (secondary N) is 2. The fourth-order valence-electron chi connectivity index (χ4n) is 2.23. The topological polar surface area (TPSA) is 71.1 Å². The first-order valence-corrected chi connectivity index (χ1v) is 9.87. The first kappa shape index (κ1) is 18.2. The lowest BCUT2D eigenvalue weighted by atomic mass is 10.2. The smallest absolute Gasteiger partial charge is 0.265 e. The third-order valence-electron chi connectivity index (χ3n) is 3.41. The Labute approximate surface area is 159 Å². The summed E-state index contributed by atoms with van der Waals surface area (Å²) in [6.07, 6.45) is 1.64. The summed E-state index contributed by atoms with van der Waals surface area (Å²) >= 11 is 3.01. The van der Waals surface area contributed by atoms with Crippen LogP contribution >= 0.6 is 23.1 Å². The highest BCUT2D eigenvalue weighted by Crippen LogP contribution is 2.18. The summed E-state index contributed by atoms with van der Waals surface area (Å²) in [5.41, 5.74) is 1.66. The Balaban J connectivity index is 1.67. The molecule has 0 saturated carbocycles. The number of carbonyl (C=O) groups excluding carboxylic acids is 2. The van der Waals surface area contributed by atoms with Crippen molar-refractivity contribution < 1.29 is 9.59 Å². The molecule has 0 unspecified atom stereocenters. The summed E-state index contributed by atoms with van der Waals surface area (Å²) in [6.45, 7) is 2.06. The number of nitrogens with zero attached hydrogens (tertiary/aromatic N) is 1. The fourth-order valence-corrected chi connectivity index (χ4v) is 3.44. The summed E-state index contributed by atoms with van der Waals surface area (Å²) < 4.78 is 0. The largest absolute Gasteiger partial charge is 0.321 e. The van der Waals surface area contributed by atoms with E-state index in [-0.39, 0.29) is 11.8 Å². The van der Waals surface area contributed by atoms with E-state index in [1.165, 1.54) is 11.3 Å². The molecule has 132 valence electrons. The van der Waals surface area contributed by atoms with E-state index in [0.29, 0.717) is 21.8 Å². The molecule has 1 aromatic carbocycles. The highest BCUT2D eigenvalue weighted by molar-refractivity contribution is 7.99. The highest BCUT2D eigenvalue weighted by atomic mass is 32.2. The van der Waals surface area contributed by atoms with Crippen LogP contribution in [0.3, 0.4) is 0 Å². The zero-order chi connectivity index (χ0) is 18.4. The maximum absolute atomic E-state index is 12.4. The number of hydrogen-bond acceptors (Lipinski definition) is 5. The Bertz CT molecular complexity index is 893. The Morgan fingerprint density at radius 1 is 1.04 bits per heavy atom. The van der Waals surface area contributed by atoms with Gasteiger partial charge in [-0.15, -0.1) is 23.1 Å². The molecule has 7 heteroatoms. The molecule has 0 saturated heterocycles. The van der Waals surface area contributed by atoms with Crippen LogP contribution in [0.15, 0.2) is 65.1 Å². The number of amides is 2. The molecule has 5 nitrogen and oxygen atoms in total. The first-order valence-electron chi connectivity index (χ1n) is 8.01. The molecule has 2 N–H and O–H groups in total. The van der Waals surface area contributed by atoms with E-state index >= 15 is 0 Å². The Kier molecular flexibility index (Phi) is 6.04. The summed E-state index contributed by atoms with van der Waals surface area (Å²) in [4.78, 5) is 29.5. The normalized spacial score (nSPS) is 10.3. The second-order valence-electron chi connectivity index (χ2n) is 5.28. The van der Waals surface area contributed by atoms with Gasteiger partial charge in [-0.05, 0) is 47.5 Å². The number of benzene rings is 1. The lowest BCUT2D eigenvalue weighted by Crippen LogP contribution is -2.14. The molecule has 3 aromatic rings. The number of pyridine rings is 1. The molecule has 0 spiro atoms. The summed E-state index contributed by atoms with van der Waals surface area (Å²) in [7, 11) is 0. The highest BCUT2D eigenvalue weighted by Gasteiger charge is 2.10. The van der Waals surface area contributed by atoms with Crippen molar-refractivity contribution in [1.29, 1.82) is 0 Å². The second-order valence-corrected chi connectivity index (χ2v) is 7.52. The van der Waals surface area contributed by atoms with E-state index in [2.05, 4.69) is 22.5 Å². The van der Waals surface area contributed by atoms with E-state index in [4.69, 9.17) is 0 Å². The summed E-state index contributed by atoms with van der Waals surface area (Å²) in [6, 6.07) is 14.1. The maximum Gasteiger partial charge on any atom is 0.265 e. The SMILES string of the molecule is CCSc1ccc(NC(=O)c2cccc(NC(=O)c3cccs3)c2)cn1.